The molecule has 12 heavy (non-hydrogen) atoms. The second-order valence-corrected chi connectivity index (χ2v) is 2.96. The number of nitrogens with one attached hydrogen (secondary N) is 2. The molecule has 2 heterocycles. The first-order valence-electron chi connectivity index (χ1n) is 3.88. The Hall–Kier alpha value is -1.29. The van der Waals surface area contributed by atoms with Crippen molar-refractivity contribution in [1.29, 1.82) is 0 Å². The molecular formula is C8H10N2O2. The molecule has 0 bridgehead atoms. The van der Waals surface area contributed by atoms with Crippen molar-refractivity contribution in [3.05, 3.63) is 23.5 Å². The molecule has 1 aliphatic rings. The van der Waals surface area contributed by atoms with Gasteiger partial charge in [-0.2, -0.15) is 0 Å². The maximum absolute atomic E-state index is 10.8. The standard InChI is InChI=1S/C8H10N2O2/c11-8(12)7-4-10-2-5-1-9-3-6(5)7/h1,3,7,9-10H,2,4H2,(H,11,12). The normalized spacial score (nSPS) is 21.8. The zero-order valence-electron chi connectivity index (χ0n) is 6.50. The zero-order chi connectivity index (χ0) is 8.55. The molecule has 3 N–H and O–H groups in total. The van der Waals surface area contributed by atoms with Crippen LogP contribution in [-0.2, 0) is 11.3 Å². The molecule has 0 aliphatic carbocycles. The molecule has 0 radical (unpaired) electrons. The first-order valence-corrected chi connectivity index (χ1v) is 3.88. The van der Waals surface area contributed by atoms with E-state index in [1.165, 1.54) is 0 Å². The molecule has 1 aromatic rings. The van der Waals surface area contributed by atoms with Crippen molar-refractivity contribution in [3.8, 4) is 0 Å². The number of hydrogen-bond donors (Lipinski definition) is 3. The van der Waals surface area contributed by atoms with E-state index in [2.05, 4.69) is 10.3 Å². The van der Waals surface area contributed by atoms with Crippen molar-refractivity contribution < 1.29 is 9.90 Å². The van der Waals surface area contributed by atoms with Gasteiger partial charge in [0, 0.05) is 25.5 Å². The molecule has 4 heteroatoms. The van der Waals surface area contributed by atoms with Crippen molar-refractivity contribution in [2.75, 3.05) is 6.54 Å². The molecule has 1 atom stereocenters. The van der Waals surface area contributed by atoms with E-state index in [1.807, 2.05) is 6.20 Å². The minimum absolute atomic E-state index is 0.389. The fourth-order valence-electron chi connectivity index (χ4n) is 1.57. The maximum atomic E-state index is 10.8. The van der Waals surface area contributed by atoms with Crippen LogP contribution in [0.15, 0.2) is 12.4 Å². The Balaban J connectivity index is 2.37. The van der Waals surface area contributed by atoms with E-state index < -0.39 is 5.97 Å². The summed E-state index contributed by atoms with van der Waals surface area (Å²) in [6.07, 6.45) is 3.62. The number of aromatic amines is 1. The highest BCUT2D eigenvalue weighted by atomic mass is 16.4. The van der Waals surface area contributed by atoms with Gasteiger partial charge >= 0.3 is 5.97 Å². The lowest BCUT2D eigenvalue weighted by molar-refractivity contribution is -0.138. The van der Waals surface area contributed by atoms with Crippen LogP contribution in [0.4, 0.5) is 0 Å². The van der Waals surface area contributed by atoms with Crippen molar-refractivity contribution in [2.45, 2.75) is 12.5 Å². The molecule has 0 amide bonds. The van der Waals surface area contributed by atoms with Crippen molar-refractivity contribution in [3.63, 3.8) is 0 Å². The summed E-state index contributed by atoms with van der Waals surface area (Å²) in [5, 5.41) is 11.9. The van der Waals surface area contributed by atoms with Crippen molar-refractivity contribution in [1.82, 2.24) is 10.3 Å². The van der Waals surface area contributed by atoms with Crippen LogP contribution in [0.5, 0.6) is 0 Å². The predicted molar refractivity (Wildman–Crippen MR) is 42.9 cm³/mol. The van der Waals surface area contributed by atoms with Crippen LogP contribution in [-0.4, -0.2) is 22.6 Å². The number of rotatable bonds is 1. The van der Waals surface area contributed by atoms with Gasteiger partial charge in [-0.25, -0.2) is 0 Å². The number of carbonyl (C=O) groups is 1. The Morgan fingerprint density at radius 2 is 2.42 bits per heavy atom. The number of carboxylic acid groups (broad SMARTS) is 1. The zero-order valence-corrected chi connectivity index (χ0v) is 6.50. The van der Waals surface area contributed by atoms with Crippen LogP contribution in [0.1, 0.15) is 17.0 Å². The second-order valence-electron chi connectivity index (χ2n) is 2.96. The van der Waals surface area contributed by atoms with Gasteiger partial charge in [0.15, 0.2) is 0 Å². The molecule has 1 aliphatic heterocycles. The van der Waals surface area contributed by atoms with E-state index in [1.54, 1.807) is 6.20 Å². The summed E-state index contributed by atoms with van der Waals surface area (Å²) in [6, 6.07) is 0. The van der Waals surface area contributed by atoms with Crippen LogP contribution in [0.2, 0.25) is 0 Å². The van der Waals surface area contributed by atoms with Gasteiger partial charge in [-0.15, -0.1) is 0 Å². The predicted octanol–water partition coefficient (Wildman–Crippen LogP) is 0.286. The van der Waals surface area contributed by atoms with Crippen LogP contribution < -0.4 is 5.32 Å². The Kier molecular flexibility index (Phi) is 1.62. The number of aromatic nitrogens is 1. The molecule has 2 rings (SSSR count). The van der Waals surface area contributed by atoms with Gasteiger partial charge in [-0.3, -0.25) is 4.79 Å². The Bertz CT molecular complexity index is 306. The fourth-order valence-corrected chi connectivity index (χ4v) is 1.57. The summed E-state index contributed by atoms with van der Waals surface area (Å²) in [5.41, 5.74) is 1.98. The summed E-state index contributed by atoms with van der Waals surface area (Å²) in [5.74, 6) is -1.15. The molecule has 1 unspecified atom stereocenters. The summed E-state index contributed by atoms with van der Waals surface area (Å²) in [6.45, 7) is 1.29. The van der Waals surface area contributed by atoms with Gasteiger partial charge < -0.3 is 15.4 Å². The lowest BCUT2D eigenvalue weighted by Gasteiger charge is -2.19. The molecule has 0 fully saturated rings. The maximum Gasteiger partial charge on any atom is 0.312 e. The van der Waals surface area contributed by atoms with Crippen LogP contribution in [0.3, 0.4) is 0 Å². The highest BCUT2D eigenvalue weighted by Crippen LogP contribution is 2.23. The largest absolute Gasteiger partial charge is 0.481 e. The van der Waals surface area contributed by atoms with E-state index in [9.17, 15) is 4.79 Å². The number of hydrogen-bond acceptors (Lipinski definition) is 2. The lowest BCUT2D eigenvalue weighted by Crippen LogP contribution is -2.31. The summed E-state index contributed by atoms with van der Waals surface area (Å²) in [7, 11) is 0. The average molecular weight is 166 g/mol. The van der Waals surface area contributed by atoms with Crippen molar-refractivity contribution in [2.24, 2.45) is 0 Å². The smallest absolute Gasteiger partial charge is 0.312 e. The Morgan fingerprint density at radius 1 is 1.58 bits per heavy atom. The monoisotopic (exact) mass is 166 g/mol. The molecule has 0 spiro atoms. The summed E-state index contributed by atoms with van der Waals surface area (Å²) >= 11 is 0. The average Bonchev–Trinajstić information content (AvgIpc) is 2.49. The van der Waals surface area contributed by atoms with Crippen molar-refractivity contribution >= 4 is 5.97 Å². The first kappa shape index (κ1) is 7.36. The van der Waals surface area contributed by atoms with Crippen LogP contribution in [0, 0.1) is 0 Å². The molecule has 0 saturated carbocycles. The molecule has 1 aromatic heterocycles. The van der Waals surface area contributed by atoms with Gasteiger partial charge in [-0.1, -0.05) is 0 Å². The Morgan fingerprint density at radius 3 is 3.17 bits per heavy atom. The third-order valence-electron chi connectivity index (χ3n) is 2.20. The van der Waals surface area contributed by atoms with Gasteiger partial charge in [0.05, 0.1) is 5.92 Å². The van der Waals surface area contributed by atoms with E-state index in [-0.39, 0.29) is 5.92 Å². The molecule has 0 aromatic carbocycles. The molecule has 0 saturated heterocycles. The summed E-state index contributed by atoms with van der Waals surface area (Å²) < 4.78 is 0. The number of aliphatic carboxylic acids is 1. The van der Waals surface area contributed by atoms with Gasteiger partial charge in [-0.05, 0) is 11.1 Å². The lowest BCUT2D eigenvalue weighted by atomic mass is 9.95. The van der Waals surface area contributed by atoms with Gasteiger partial charge in [0.25, 0.3) is 0 Å². The topological polar surface area (TPSA) is 65.1 Å². The number of H-pyrrole nitrogens is 1. The van der Waals surface area contributed by atoms with E-state index >= 15 is 0 Å². The molecular weight excluding hydrogens is 156 g/mol. The minimum Gasteiger partial charge on any atom is -0.481 e. The second kappa shape index (κ2) is 2.64. The van der Waals surface area contributed by atoms with Gasteiger partial charge in [0.1, 0.15) is 0 Å². The first-order chi connectivity index (χ1) is 5.79. The third-order valence-corrected chi connectivity index (χ3v) is 2.20. The number of fused-ring (bicyclic) bond motifs is 1. The highest BCUT2D eigenvalue weighted by molar-refractivity contribution is 5.77. The summed E-state index contributed by atoms with van der Waals surface area (Å²) in [4.78, 5) is 13.7. The van der Waals surface area contributed by atoms with E-state index in [0.717, 1.165) is 17.7 Å². The fraction of sp³-hybridized carbons (Fsp3) is 0.375. The Labute approximate surface area is 69.6 Å². The quantitative estimate of drug-likeness (QED) is 0.561. The van der Waals surface area contributed by atoms with Gasteiger partial charge in [0.2, 0.25) is 0 Å². The third kappa shape index (κ3) is 1.00. The van der Waals surface area contributed by atoms with E-state index in [0.29, 0.717) is 6.54 Å². The SMILES string of the molecule is O=C(O)C1CNCc2c[nH]cc21. The van der Waals surface area contributed by atoms with E-state index in [4.69, 9.17) is 5.11 Å². The molecule has 4 nitrogen and oxygen atoms in total. The van der Waals surface area contributed by atoms with Crippen LogP contribution >= 0.6 is 0 Å². The van der Waals surface area contributed by atoms with Crippen LogP contribution in [0.25, 0.3) is 0 Å². The number of carboxylic acids is 1. The molecule has 64 valence electrons. The highest BCUT2D eigenvalue weighted by Gasteiger charge is 2.26. The minimum atomic E-state index is -0.761.